The summed E-state index contributed by atoms with van der Waals surface area (Å²) < 4.78 is 37.6. The third-order valence-corrected chi connectivity index (χ3v) is 7.35. The van der Waals surface area contributed by atoms with Crippen LogP contribution >= 0.6 is 7.21 Å². The molecule has 0 aromatic carbocycles. The quantitative estimate of drug-likeness (QED) is 0.250. The molecule has 0 aliphatic heterocycles. The van der Waals surface area contributed by atoms with Gasteiger partial charge in [0, 0.05) is 0 Å². The third-order valence-electron chi connectivity index (χ3n) is 4.34. The molecule has 3 N–H and O–H groups in total. The molecule has 0 radical (unpaired) electrons. The monoisotopic (exact) mass is 430 g/mol. The molecule has 0 bridgehead atoms. The van der Waals surface area contributed by atoms with Crippen molar-refractivity contribution in [2.45, 2.75) is 78.6 Å². The van der Waals surface area contributed by atoms with E-state index in [1.165, 1.54) is 4.78 Å². The van der Waals surface area contributed by atoms with Gasteiger partial charge < -0.3 is 0 Å². The van der Waals surface area contributed by atoms with Crippen molar-refractivity contribution in [3.05, 3.63) is 0 Å². The second kappa shape index (κ2) is 10.7. The van der Waals surface area contributed by atoms with Gasteiger partial charge in [0.25, 0.3) is 0 Å². The first-order valence-electron chi connectivity index (χ1n) is 9.54. The summed E-state index contributed by atoms with van der Waals surface area (Å²) in [4.78, 5) is 32.7. The number of halogens is 3. The molecular formula is C17H34F3N4O3P. The van der Waals surface area contributed by atoms with E-state index in [-0.39, 0.29) is 31.3 Å². The third kappa shape index (κ3) is 7.80. The van der Waals surface area contributed by atoms with Crippen LogP contribution in [0, 0.1) is 11.1 Å². The fourth-order valence-electron chi connectivity index (χ4n) is 3.21. The van der Waals surface area contributed by atoms with Gasteiger partial charge in [0.05, 0.1) is 0 Å². The van der Waals surface area contributed by atoms with Crippen LogP contribution in [0.3, 0.4) is 0 Å². The minimum absolute atomic E-state index is 0.0358. The second-order valence-electron chi connectivity index (χ2n) is 7.40. The molecule has 0 atom stereocenters. The van der Waals surface area contributed by atoms with Gasteiger partial charge in [-0.25, -0.2) is 0 Å². The Kier molecular flexibility index (Phi) is 10.3. The Morgan fingerprint density at radius 1 is 1.11 bits per heavy atom. The number of alkyl halides is 3. The first kappa shape index (κ1) is 27.0. The Bertz CT molecular complexity index is 543. The molecule has 0 fully saturated rings. The van der Waals surface area contributed by atoms with Crippen molar-refractivity contribution in [2.24, 2.45) is 0 Å². The summed E-state index contributed by atoms with van der Waals surface area (Å²) >= 11 is 0. The van der Waals surface area contributed by atoms with Crippen LogP contribution in [0.1, 0.15) is 60.3 Å². The number of nitriles is 1. The van der Waals surface area contributed by atoms with Gasteiger partial charge in [-0.3, -0.25) is 0 Å². The molecule has 0 saturated carbocycles. The summed E-state index contributed by atoms with van der Waals surface area (Å²) in [5.41, 5.74) is 0. The predicted octanol–water partition coefficient (Wildman–Crippen LogP) is 3.34. The SMILES string of the molecule is CCN(N(C(C)C)C(C)C)P(O)(O)(C#N)CCCCCCNC(=O)C(F)(F)F. The van der Waals surface area contributed by atoms with Crippen LogP contribution in [0.2, 0.25) is 0 Å². The summed E-state index contributed by atoms with van der Waals surface area (Å²) in [7, 11) is -4.80. The van der Waals surface area contributed by atoms with Crippen LogP contribution in [0.5, 0.6) is 0 Å². The van der Waals surface area contributed by atoms with E-state index in [0.717, 1.165) is 0 Å². The predicted molar refractivity (Wildman–Crippen MR) is 104 cm³/mol. The maximum absolute atomic E-state index is 12.1. The second-order valence-corrected chi connectivity index (χ2v) is 10.8. The van der Waals surface area contributed by atoms with Gasteiger partial charge >= 0.3 is 165 Å². The average molecular weight is 430 g/mol. The first-order chi connectivity index (χ1) is 12.7. The van der Waals surface area contributed by atoms with Crippen molar-refractivity contribution in [3.63, 3.8) is 0 Å². The normalized spacial score (nSPS) is 14.4. The Morgan fingerprint density at radius 3 is 2.00 bits per heavy atom. The van der Waals surface area contributed by atoms with Crippen LogP contribution in [-0.2, 0) is 4.79 Å². The molecule has 0 unspecified atom stereocenters. The fourth-order valence-corrected chi connectivity index (χ4v) is 5.89. The zero-order chi connectivity index (χ0) is 22.2. The number of carbonyl (C=O) groups excluding carboxylic acids is 1. The average Bonchev–Trinajstić information content (AvgIpc) is 2.56. The Hall–Kier alpha value is -0.980. The number of hydrazine groups is 1. The van der Waals surface area contributed by atoms with Crippen molar-refractivity contribution >= 4 is 13.1 Å². The van der Waals surface area contributed by atoms with E-state index in [1.54, 1.807) is 23.1 Å². The molecule has 0 aliphatic rings. The van der Waals surface area contributed by atoms with Gasteiger partial charge in [-0.2, -0.15) is 0 Å². The number of unbranched alkanes of at least 4 members (excludes halogenated alkanes) is 3. The Balaban J connectivity index is 4.75. The van der Waals surface area contributed by atoms with Crippen LogP contribution in [0.4, 0.5) is 13.2 Å². The molecule has 1 amide bonds. The summed E-state index contributed by atoms with van der Waals surface area (Å²) in [6.45, 7) is 9.55. The van der Waals surface area contributed by atoms with Crippen molar-refractivity contribution in [1.82, 2.24) is 15.1 Å². The molecule has 0 aromatic heterocycles. The number of rotatable bonds is 12. The molecule has 0 rings (SSSR count). The summed E-state index contributed by atoms with van der Waals surface area (Å²) in [6, 6.07) is -0.0716. The van der Waals surface area contributed by atoms with Crippen molar-refractivity contribution in [3.8, 4) is 5.81 Å². The van der Waals surface area contributed by atoms with Crippen molar-refractivity contribution in [2.75, 3.05) is 19.3 Å². The van der Waals surface area contributed by atoms with E-state index in [2.05, 4.69) is 0 Å². The number of nitrogens with zero attached hydrogens (tertiary/aromatic N) is 3. The molecule has 7 nitrogen and oxygen atoms in total. The molecule has 0 spiro atoms. The number of hydrogen-bond acceptors (Lipinski definition) is 6. The zero-order valence-corrected chi connectivity index (χ0v) is 18.2. The number of nitrogens with one attached hydrogen (secondary N) is 1. The van der Waals surface area contributed by atoms with Crippen molar-refractivity contribution in [1.29, 1.82) is 5.26 Å². The fraction of sp³-hybridized carbons (Fsp3) is 0.882. The van der Waals surface area contributed by atoms with Gasteiger partial charge in [0.1, 0.15) is 0 Å². The van der Waals surface area contributed by atoms with E-state index in [9.17, 15) is 33.0 Å². The van der Waals surface area contributed by atoms with E-state index < -0.39 is 19.3 Å². The van der Waals surface area contributed by atoms with Gasteiger partial charge in [-0.15, -0.1) is 0 Å². The summed E-state index contributed by atoms with van der Waals surface area (Å²) in [6.07, 6.45) is -3.32. The molecule has 166 valence electrons. The van der Waals surface area contributed by atoms with E-state index in [1.807, 2.05) is 27.7 Å². The standard InChI is InChI=1S/C17H34F3N4O3P/c1-6-23(24(14(2)3)15(4)5)28(26,27,13-21)12-10-8-7-9-11-22-16(25)17(18,19)20/h14-15,26-27H,6-12H2,1-5H3,(H,22,25). The van der Waals surface area contributed by atoms with Crippen molar-refractivity contribution < 1.29 is 27.8 Å². The van der Waals surface area contributed by atoms with E-state index in [4.69, 9.17) is 0 Å². The molecule has 11 heteroatoms. The van der Waals surface area contributed by atoms with E-state index in [0.29, 0.717) is 25.7 Å². The number of amides is 1. The topological polar surface area (TPSA) is 99.8 Å². The summed E-state index contributed by atoms with van der Waals surface area (Å²) in [5.74, 6) is -0.191. The van der Waals surface area contributed by atoms with Gasteiger partial charge in [-0.05, 0) is 0 Å². The summed E-state index contributed by atoms with van der Waals surface area (Å²) in [5, 5.41) is 13.2. The minimum atomic E-state index is -4.89. The van der Waals surface area contributed by atoms with E-state index >= 15 is 0 Å². The number of carbonyl (C=O) groups is 1. The number of hydrogen-bond donors (Lipinski definition) is 3. The molecule has 28 heavy (non-hydrogen) atoms. The van der Waals surface area contributed by atoms with Crippen LogP contribution in [-0.4, -0.2) is 63.0 Å². The zero-order valence-electron chi connectivity index (χ0n) is 17.3. The van der Waals surface area contributed by atoms with Gasteiger partial charge in [-0.1, -0.05) is 0 Å². The van der Waals surface area contributed by atoms with Crippen LogP contribution < -0.4 is 5.32 Å². The molecular weight excluding hydrogens is 396 g/mol. The Labute approximate surface area is 165 Å². The van der Waals surface area contributed by atoms with Gasteiger partial charge in [0.15, 0.2) is 0 Å². The molecule has 0 heterocycles. The molecule has 0 aliphatic carbocycles. The van der Waals surface area contributed by atoms with Crippen LogP contribution in [0.15, 0.2) is 0 Å². The first-order valence-corrected chi connectivity index (χ1v) is 11.8. The molecule has 0 saturated heterocycles. The Morgan fingerprint density at radius 2 is 1.61 bits per heavy atom. The van der Waals surface area contributed by atoms with Gasteiger partial charge in [0.2, 0.25) is 0 Å². The van der Waals surface area contributed by atoms with Crippen LogP contribution in [0.25, 0.3) is 0 Å². The molecule has 0 aromatic rings. The maximum atomic E-state index is 12.1.